The summed E-state index contributed by atoms with van der Waals surface area (Å²) in [6, 6.07) is 1.94. The second-order valence-electron chi connectivity index (χ2n) is 3.55. The lowest BCUT2D eigenvalue weighted by Crippen LogP contribution is -2.28. The Morgan fingerprint density at radius 3 is 3.07 bits per heavy atom. The summed E-state index contributed by atoms with van der Waals surface area (Å²) in [5.41, 5.74) is 0. The topological polar surface area (TPSA) is 46.5 Å². The third-order valence-electron chi connectivity index (χ3n) is 2.51. The molecule has 1 saturated heterocycles. The largest absolute Gasteiger partial charge is 0.481 e. The van der Waals surface area contributed by atoms with Crippen LogP contribution >= 0.6 is 27.3 Å². The van der Waals surface area contributed by atoms with Crippen LogP contribution in [-0.4, -0.2) is 17.7 Å². The van der Waals surface area contributed by atoms with Crippen molar-refractivity contribution in [3.05, 3.63) is 20.8 Å². The Bertz CT molecular complexity index is 363. The molecule has 1 N–H and O–H groups in total. The lowest BCUT2D eigenvalue weighted by molar-refractivity contribution is -0.151. The molecule has 2 unspecified atom stereocenters. The molecule has 0 aliphatic carbocycles. The van der Waals surface area contributed by atoms with Gasteiger partial charge in [-0.05, 0) is 34.8 Å². The maximum Gasteiger partial charge on any atom is 0.309 e. The molecule has 3 nitrogen and oxygen atoms in total. The van der Waals surface area contributed by atoms with Gasteiger partial charge in [-0.1, -0.05) is 0 Å². The Labute approximate surface area is 100 Å². The van der Waals surface area contributed by atoms with Gasteiger partial charge in [-0.3, -0.25) is 4.79 Å². The lowest BCUT2D eigenvalue weighted by Gasteiger charge is -2.27. The summed E-state index contributed by atoms with van der Waals surface area (Å²) in [6.07, 6.45) is 1.27. The van der Waals surface area contributed by atoms with E-state index in [9.17, 15) is 4.79 Å². The summed E-state index contributed by atoms with van der Waals surface area (Å²) >= 11 is 4.91. The monoisotopic (exact) mass is 290 g/mol. The van der Waals surface area contributed by atoms with Crippen LogP contribution in [0.2, 0.25) is 0 Å². The van der Waals surface area contributed by atoms with Crippen LogP contribution in [-0.2, 0) is 9.53 Å². The fraction of sp³-hybridized carbons (Fsp3) is 0.500. The van der Waals surface area contributed by atoms with Gasteiger partial charge < -0.3 is 9.84 Å². The smallest absolute Gasteiger partial charge is 0.309 e. The highest BCUT2D eigenvalue weighted by atomic mass is 79.9. The molecule has 15 heavy (non-hydrogen) atoms. The fourth-order valence-electron chi connectivity index (χ4n) is 1.79. The van der Waals surface area contributed by atoms with Crippen LogP contribution in [0.15, 0.2) is 15.9 Å². The van der Waals surface area contributed by atoms with Gasteiger partial charge in [0.1, 0.15) is 6.10 Å². The molecule has 2 rings (SSSR count). The normalized spacial score (nSPS) is 26.5. The number of thiophene rings is 1. The summed E-state index contributed by atoms with van der Waals surface area (Å²) in [5, 5.41) is 11.0. The van der Waals surface area contributed by atoms with Crippen molar-refractivity contribution in [3.8, 4) is 0 Å². The first-order valence-corrected chi connectivity index (χ1v) is 6.44. The molecule has 0 bridgehead atoms. The van der Waals surface area contributed by atoms with Gasteiger partial charge in [0.05, 0.1) is 5.92 Å². The van der Waals surface area contributed by atoms with E-state index in [-0.39, 0.29) is 6.10 Å². The minimum Gasteiger partial charge on any atom is -0.481 e. The first-order chi connectivity index (χ1) is 7.18. The summed E-state index contributed by atoms with van der Waals surface area (Å²) < 4.78 is 6.55. The zero-order valence-electron chi connectivity index (χ0n) is 7.98. The van der Waals surface area contributed by atoms with Gasteiger partial charge in [0.2, 0.25) is 0 Å². The number of hydrogen-bond acceptors (Lipinski definition) is 3. The minimum atomic E-state index is -0.760. The molecule has 0 spiro atoms. The highest BCUT2D eigenvalue weighted by Crippen LogP contribution is 2.37. The molecular formula is C10H11BrO3S. The van der Waals surface area contributed by atoms with Crippen LogP contribution in [0.3, 0.4) is 0 Å². The molecule has 0 radical (unpaired) electrons. The third-order valence-corrected chi connectivity index (χ3v) is 4.26. The summed E-state index contributed by atoms with van der Waals surface area (Å²) in [7, 11) is 0. The number of aliphatic carboxylic acids is 1. The van der Waals surface area contributed by atoms with Crippen LogP contribution in [0.4, 0.5) is 0 Å². The number of rotatable bonds is 2. The van der Waals surface area contributed by atoms with Crippen molar-refractivity contribution in [2.24, 2.45) is 5.92 Å². The number of hydrogen-bond donors (Lipinski definition) is 1. The maximum absolute atomic E-state index is 11.1. The zero-order chi connectivity index (χ0) is 10.8. The van der Waals surface area contributed by atoms with Crippen LogP contribution < -0.4 is 0 Å². The van der Waals surface area contributed by atoms with Crippen LogP contribution in [0.1, 0.15) is 23.8 Å². The molecule has 1 fully saturated rings. The van der Waals surface area contributed by atoms with Gasteiger partial charge in [-0.2, -0.15) is 0 Å². The van der Waals surface area contributed by atoms with E-state index in [1.807, 2.05) is 11.4 Å². The Morgan fingerprint density at radius 2 is 2.47 bits per heavy atom. The molecule has 1 aliphatic rings. The second-order valence-corrected chi connectivity index (χ2v) is 5.40. The second kappa shape index (κ2) is 4.63. The van der Waals surface area contributed by atoms with E-state index in [4.69, 9.17) is 9.84 Å². The van der Waals surface area contributed by atoms with E-state index in [1.54, 1.807) is 11.3 Å². The number of carboxylic acid groups (broad SMARTS) is 1. The fourth-order valence-corrected chi connectivity index (χ4v) is 3.35. The third kappa shape index (κ3) is 2.41. The Balaban J connectivity index is 2.21. The predicted molar refractivity (Wildman–Crippen MR) is 61.1 cm³/mol. The highest BCUT2D eigenvalue weighted by molar-refractivity contribution is 9.10. The van der Waals surface area contributed by atoms with Crippen molar-refractivity contribution < 1.29 is 14.6 Å². The van der Waals surface area contributed by atoms with E-state index in [0.717, 1.165) is 15.8 Å². The number of ether oxygens (including phenoxy) is 1. The van der Waals surface area contributed by atoms with Crippen molar-refractivity contribution in [2.45, 2.75) is 18.9 Å². The molecule has 1 aromatic heterocycles. The molecule has 0 amide bonds. The summed E-state index contributed by atoms with van der Waals surface area (Å²) in [5.74, 6) is -1.16. The SMILES string of the molecule is O=C(O)C1CCCOC1c1cc(Br)cs1. The number of carbonyl (C=O) groups is 1. The molecular weight excluding hydrogens is 280 g/mol. The Hall–Kier alpha value is -0.390. The van der Waals surface area contributed by atoms with E-state index < -0.39 is 11.9 Å². The lowest BCUT2D eigenvalue weighted by atomic mass is 9.93. The number of carboxylic acids is 1. The Kier molecular flexibility index (Phi) is 3.43. The van der Waals surface area contributed by atoms with Gasteiger partial charge in [0.25, 0.3) is 0 Å². The zero-order valence-corrected chi connectivity index (χ0v) is 10.4. The molecule has 2 heterocycles. The van der Waals surface area contributed by atoms with E-state index in [2.05, 4.69) is 15.9 Å². The van der Waals surface area contributed by atoms with Gasteiger partial charge in [0.15, 0.2) is 0 Å². The molecule has 5 heteroatoms. The van der Waals surface area contributed by atoms with Crippen molar-refractivity contribution in [1.29, 1.82) is 0 Å². The molecule has 0 saturated carbocycles. The van der Waals surface area contributed by atoms with E-state index in [0.29, 0.717) is 13.0 Å². The van der Waals surface area contributed by atoms with Gasteiger partial charge >= 0.3 is 5.97 Å². The first kappa shape index (κ1) is 11.1. The van der Waals surface area contributed by atoms with Crippen molar-refractivity contribution >= 4 is 33.2 Å². The van der Waals surface area contributed by atoms with Crippen molar-refractivity contribution in [1.82, 2.24) is 0 Å². The average molecular weight is 291 g/mol. The maximum atomic E-state index is 11.1. The minimum absolute atomic E-state index is 0.271. The quantitative estimate of drug-likeness (QED) is 0.911. The average Bonchev–Trinajstić information content (AvgIpc) is 2.65. The van der Waals surface area contributed by atoms with E-state index >= 15 is 0 Å². The standard InChI is InChI=1S/C10H11BrO3S/c11-6-4-8(15-5-6)9-7(10(12)13)2-1-3-14-9/h4-5,7,9H,1-3H2,(H,12,13). The molecule has 1 aromatic rings. The summed E-state index contributed by atoms with van der Waals surface area (Å²) in [4.78, 5) is 12.1. The first-order valence-electron chi connectivity index (χ1n) is 4.77. The van der Waals surface area contributed by atoms with Crippen LogP contribution in [0.5, 0.6) is 0 Å². The molecule has 2 atom stereocenters. The van der Waals surface area contributed by atoms with E-state index in [1.165, 1.54) is 0 Å². The van der Waals surface area contributed by atoms with Crippen molar-refractivity contribution in [3.63, 3.8) is 0 Å². The van der Waals surface area contributed by atoms with Crippen molar-refractivity contribution in [2.75, 3.05) is 6.61 Å². The van der Waals surface area contributed by atoms with Crippen LogP contribution in [0, 0.1) is 5.92 Å². The predicted octanol–water partition coefficient (Wildman–Crippen LogP) is 3.06. The van der Waals surface area contributed by atoms with Gasteiger partial charge in [-0.15, -0.1) is 11.3 Å². The number of halogens is 1. The highest BCUT2D eigenvalue weighted by Gasteiger charge is 2.33. The Morgan fingerprint density at radius 1 is 1.67 bits per heavy atom. The van der Waals surface area contributed by atoms with Gasteiger partial charge in [-0.25, -0.2) is 0 Å². The molecule has 82 valence electrons. The van der Waals surface area contributed by atoms with Crippen LogP contribution in [0.25, 0.3) is 0 Å². The molecule has 0 aromatic carbocycles. The molecule has 1 aliphatic heterocycles. The van der Waals surface area contributed by atoms with Gasteiger partial charge in [0, 0.05) is 21.3 Å². The summed E-state index contributed by atoms with van der Waals surface area (Å²) in [6.45, 7) is 0.657.